The molecule has 3 aromatic rings. The van der Waals surface area contributed by atoms with Crippen LogP contribution >= 0.6 is 23.1 Å². The first-order chi connectivity index (χ1) is 15.5. The Labute approximate surface area is 193 Å². The topological polar surface area (TPSA) is 127 Å². The third-order valence-corrected chi connectivity index (χ3v) is 7.50. The van der Waals surface area contributed by atoms with E-state index < -0.39 is 5.91 Å². The van der Waals surface area contributed by atoms with Crippen molar-refractivity contribution in [2.24, 2.45) is 5.73 Å². The Balaban J connectivity index is 1.34. The van der Waals surface area contributed by atoms with E-state index in [2.05, 4.69) is 15.3 Å². The van der Waals surface area contributed by atoms with Gasteiger partial charge in [0.1, 0.15) is 16.4 Å². The maximum absolute atomic E-state index is 12.6. The van der Waals surface area contributed by atoms with Crippen LogP contribution in [0.5, 0.6) is 5.75 Å². The minimum Gasteiger partial charge on any atom is -0.495 e. The lowest BCUT2D eigenvalue weighted by atomic mass is 9.97. The zero-order valence-corrected chi connectivity index (χ0v) is 19.3. The monoisotopic (exact) mass is 472 g/mol. The van der Waals surface area contributed by atoms with Crippen molar-refractivity contribution >= 4 is 50.8 Å². The molecule has 0 saturated carbocycles. The van der Waals surface area contributed by atoms with Crippen LogP contribution in [0.4, 0.5) is 5.69 Å². The number of thiophene rings is 1. The fourth-order valence-electron chi connectivity index (χ4n) is 3.78. The average molecular weight is 473 g/mol. The van der Waals surface area contributed by atoms with Crippen molar-refractivity contribution < 1.29 is 14.3 Å². The predicted octanol–water partition coefficient (Wildman–Crippen LogP) is 3.23. The summed E-state index contributed by atoms with van der Waals surface area (Å²) in [5.74, 6) is 1.35. The zero-order valence-electron chi connectivity index (χ0n) is 17.7. The van der Waals surface area contributed by atoms with Gasteiger partial charge >= 0.3 is 0 Å². The molecule has 4 N–H and O–H groups in total. The van der Waals surface area contributed by atoms with E-state index in [0.717, 1.165) is 29.5 Å². The van der Waals surface area contributed by atoms with Crippen LogP contribution in [0.15, 0.2) is 23.0 Å². The highest BCUT2D eigenvalue weighted by molar-refractivity contribution is 7.98. The standard InChI is InChI=1S/C22H24N4O4S2/c1-30-15-7-6-12(20(23)28)10-14(15)24-18(27)8-9-31-11-17-25-21(29)19-13-4-2-3-5-16(13)32-22(19)26-17/h6-7,10H,2-5,8-9,11H2,1H3,(H2,23,28)(H,24,27)(H,25,26,29). The lowest BCUT2D eigenvalue weighted by Crippen LogP contribution is -2.15. The van der Waals surface area contributed by atoms with Crippen molar-refractivity contribution in [2.75, 3.05) is 18.2 Å². The number of methoxy groups -OCH3 is 1. The molecule has 1 aromatic carbocycles. The van der Waals surface area contributed by atoms with Gasteiger partial charge in [0, 0.05) is 22.6 Å². The third-order valence-electron chi connectivity index (χ3n) is 5.34. The van der Waals surface area contributed by atoms with E-state index in [1.165, 1.54) is 41.8 Å². The van der Waals surface area contributed by atoms with Gasteiger partial charge in [-0.25, -0.2) is 4.98 Å². The molecule has 1 aliphatic rings. The minimum absolute atomic E-state index is 0.0656. The first kappa shape index (κ1) is 22.3. The van der Waals surface area contributed by atoms with Crippen LogP contribution in [-0.2, 0) is 23.4 Å². The van der Waals surface area contributed by atoms with Crippen molar-refractivity contribution in [3.63, 3.8) is 0 Å². The van der Waals surface area contributed by atoms with E-state index in [1.54, 1.807) is 23.5 Å². The van der Waals surface area contributed by atoms with Gasteiger partial charge in [0.05, 0.1) is 23.9 Å². The van der Waals surface area contributed by atoms with Crippen molar-refractivity contribution in [3.05, 3.63) is 50.4 Å². The molecule has 0 atom stereocenters. The molecule has 32 heavy (non-hydrogen) atoms. The van der Waals surface area contributed by atoms with Gasteiger partial charge in [-0.15, -0.1) is 11.3 Å². The molecule has 168 valence electrons. The summed E-state index contributed by atoms with van der Waals surface area (Å²) in [4.78, 5) is 46.0. The summed E-state index contributed by atoms with van der Waals surface area (Å²) in [6.45, 7) is 0. The molecule has 10 heteroatoms. The van der Waals surface area contributed by atoms with E-state index >= 15 is 0 Å². The summed E-state index contributed by atoms with van der Waals surface area (Å²) >= 11 is 3.15. The lowest BCUT2D eigenvalue weighted by Gasteiger charge is -2.11. The van der Waals surface area contributed by atoms with Gasteiger partial charge < -0.3 is 20.8 Å². The summed E-state index contributed by atoms with van der Waals surface area (Å²) in [5.41, 5.74) is 7.11. The predicted molar refractivity (Wildman–Crippen MR) is 128 cm³/mol. The van der Waals surface area contributed by atoms with Crippen LogP contribution in [0.3, 0.4) is 0 Å². The van der Waals surface area contributed by atoms with Crippen LogP contribution in [0, 0.1) is 0 Å². The number of aromatic nitrogens is 2. The first-order valence-corrected chi connectivity index (χ1v) is 12.3. The van der Waals surface area contributed by atoms with Gasteiger partial charge in [-0.2, -0.15) is 11.8 Å². The van der Waals surface area contributed by atoms with Crippen LogP contribution in [0.1, 0.15) is 45.9 Å². The van der Waals surface area contributed by atoms with Gasteiger partial charge in [-0.3, -0.25) is 14.4 Å². The highest BCUT2D eigenvalue weighted by atomic mass is 32.2. The molecule has 0 unspecified atom stereocenters. The van der Waals surface area contributed by atoms with Gasteiger partial charge in [-0.1, -0.05) is 0 Å². The zero-order chi connectivity index (χ0) is 22.7. The number of nitrogens with zero attached hydrogens (tertiary/aromatic N) is 1. The summed E-state index contributed by atoms with van der Waals surface area (Å²) in [5, 5.41) is 3.51. The Bertz CT molecular complexity index is 1230. The number of ether oxygens (including phenoxy) is 1. The number of fused-ring (bicyclic) bond motifs is 3. The van der Waals surface area contributed by atoms with Crippen LogP contribution < -0.4 is 21.3 Å². The summed E-state index contributed by atoms with van der Waals surface area (Å²) in [6.07, 6.45) is 4.53. The number of H-pyrrole nitrogens is 1. The number of anilines is 1. The van der Waals surface area contributed by atoms with Crippen molar-refractivity contribution in [1.29, 1.82) is 0 Å². The number of benzene rings is 1. The average Bonchev–Trinajstić information content (AvgIpc) is 3.15. The highest BCUT2D eigenvalue weighted by Crippen LogP contribution is 2.33. The molecule has 0 aliphatic heterocycles. The van der Waals surface area contributed by atoms with E-state index in [0.29, 0.717) is 28.8 Å². The van der Waals surface area contributed by atoms with Gasteiger partial charge in [-0.05, 0) is 49.4 Å². The summed E-state index contributed by atoms with van der Waals surface area (Å²) in [7, 11) is 1.49. The number of nitrogens with one attached hydrogen (secondary N) is 2. The van der Waals surface area contributed by atoms with Gasteiger partial charge in [0.25, 0.3) is 5.56 Å². The molecule has 0 saturated heterocycles. The largest absolute Gasteiger partial charge is 0.495 e. The molecule has 0 fully saturated rings. The van der Waals surface area contributed by atoms with Crippen molar-refractivity contribution in [3.8, 4) is 5.75 Å². The fourth-order valence-corrected chi connectivity index (χ4v) is 5.87. The Morgan fingerprint density at radius 3 is 2.91 bits per heavy atom. The quantitative estimate of drug-likeness (QED) is 0.432. The Hall–Kier alpha value is -2.85. The number of hydrogen-bond acceptors (Lipinski definition) is 7. The molecular weight excluding hydrogens is 448 g/mol. The van der Waals surface area contributed by atoms with E-state index in [9.17, 15) is 14.4 Å². The first-order valence-electron chi connectivity index (χ1n) is 10.3. The minimum atomic E-state index is -0.580. The van der Waals surface area contributed by atoms with Gasteiger partial charge in [0.15, 0.2) is 0 Å². The molecule has 0 bridgehead atoms. The number of aromatic amines is 1. The maximum Gasteiger partial charge on any atom is 0.259 e. The Morgan fingerprint density at radius 2 is 2.12 bits per heavy atom. The Morgan fingerprint density at radius 1 is 1.31 bits per heavy atom. The van der Waals surface area contributed by atoms with E-state index in [-0.39, 0.29) is 23.5 Å². The molecule has 2 amide bonds. The molecule has 4 rings (SSSR count). The fraction of sp³-hybridized carbons (Fsp3) is 0.364. The number of nitrogens with two attached hydrogens (primary N) is 1. The molecule has 1 aliphatic carbocycles. The molecule has 0 radical (unpaired) electrons. The molecular formula is C22H24N4O4S2. The number of aryl methyl sites for hydroxylation is 2. The second kappa shape index (κ2) is 9.74. The van der Waals surface area contributed by atoms with E-state index in [1.807, 2.05) is 0 Å². The summed E-state index contributed by atoms with van der Waals surface area (Å²) in [6, 6.07) is 4.63. The molecule has 8 nitrogen and oxygen atoms in total. The number of carbonyl (C=O) groups is 2. The number of primary amides is 1. The number of rotatable bonds is 8. The SMILES string of the molecule is COc1ccc(C(N)=O)cc1NC(=O)CCSCc1nc2sc3c(c2c(=O)[nH]1)CCCC3. The molecule has 2 aromatic heterocycles. The Kier molecular flexibility index (Phi) is 6.80. The van der Waals surface area contributed by atoms with Crippen LogP contribution in [-0.4, -0.2) is 34.6 Å². The van der Waals surface area contributed by atoms with Gasteiger partial charge in [0.2, 0.25) is 11.8 Å². The third kappa shape index (κ3) is 4.81. The number of carbonyl (C=O) groups excluding carboxylic acids is 2. The maximum atomic E-state index is 12.6. The number of thioether (sulfide) groups is 1. The second-order valence-corrected chi connectivity index (χ2v) is 9.72. The van der Waals surface area contributed by atoms with E-state index in [4.69, 9.17) is 10.5 Å². The number of hydrogen-bond donors (Lipinski definition) is 3. The summed E-state index contributed by atoms with van der Waals surface area (Å²) < 4.78 is 5.23. The van der Waals surface area contributed by atoms with Crippen molar-refractivity contribution in [2.45, 2.75) is 37.9 Å². The number of amides is 2. The molecule has 0 spiro atoms. The second-order valence-electron chi connectivity index (χ2n) is 7.53. The smallest absolute Gasteiger partial charge is 0.259 e. The highest BCUT2D eigenvalue weighted by Gasteiger charge is 2.19. The lowest BCUT2D eigenvalue weighted by molar-refractivity contribution is -0.115. The van der Waals surface area contributed by atoms with Crippen LogP contribution in [0.25, 0.3) is 10.2 Å². The molecule has 2 heterocycles. The normalized spacial score (nSPS) is 13.0. The van der Waals surface area contributed by atoms with Crippen LogP contribution in [0.2, 0.25) is 0 Å². The van der Waals surface area contributed by atoms with Crippen molar-refractivity contribution in [1.82, 2.24) is 9.97 Å².